The summed E-state index contributed by atoms with van der Waals surface area (Å²) in [4.78, 5) is 16.8. The van der Waals surface area contributed by atoms with E-state index in [4.69, 9.17) is 16.0 Å². The average molecular weight is 317 g/mol. The molecule has 0 aliphatic carbocycles. The van der Waals surface area contributed by atoms with E-state index in [9.17, 15) is 4.79 Å². The Bertz CT molecular complexity index is 727. The van der Waals surface area contributed by atoms with Crippen molar-refractivity contribution in [2.75, 3.05) is 11.4 Å². The van der Waals surface area contributed by atoms with E-state index in [1.807, 2.05) is 48.2 Å². The third-order valence-electron chi connectivity index (χ3n) is 4.54. The Morgan fingerprint density at radius 1 is 1.27 bits per heavy atom. The van der Waals surface area contributed by atoms with Crippen LogP contribution in [0.25, 0.3) is 0 Å². The highest BCUT2D eigenvalue weighted by Gasteiger charge is 2.50. The first-order valence-electron chi connectivity index (χ1n) is 7.50. The van der Waals surface area contributed by atoms with Crippen molar-refractivity contribution in [1.29, 1.82) is 0 Å². The molecule has 114 valence electrons. The first kappa shape index (κ1) is 13.9. The Morgan fingerprint density at radius 3 is 2.77 bits per heavy atom. The molecule has 0 radical (unpaired) electrons. The Kier molecular flexibility index (Phi) is 3.24. The van der Waals surface area contributed by atoms with Crippen LogP contribution in [0.4, 0.5) is 5.69 Å². The van der Waals surface area contributed by atoms with Gasteiger partial charge in [0.15, 0.2) is 0 Å². The van der Waals surface area contributed by atoms with Gasteiger partial charge in [-0.1, -0.05) is 23.7 Å². The number of rotatable bonds is 3. The Balaban J connectivity index is 1.54. The molecule has 0 saturated carbocycles. The van der Waals surface area contributed by atoms with E-state index in [-0.39, 0.29) is 18.0 Å². The van der Waals surface area contributed by atoms with Crippen molar-refractivity contribution in [3.8, 4) is 0 Å². The van der Waals surface area contributed by atoms with Gasteiger partial charge in [0.05, 0.1) is 29.3 Å². The molecule has 0 N–H and O–H groups in total. The number of amides is 1. The molecule has 1 aromatic carbocycles. The van der Waals surface area contributed by atoms with E-state index in [2.05, 4.69) is 4.90 Å². The van der Waals surface area contributed by atoms with Crippen molar-refractivity contribution in [2.45, 2.75) is 32.0 Å². The summed E-state index contributed by atoms with van der Waals surface area (Å²) < 4.78 is 5.63. The number of nitrogens with zero attached hydrogens (tertiary/aromatic N) is 2. The minimum Gasteiger partial charge on any atom is -0.465 e. The summed E-state index contributed by atoms with van der Waals surface area (Å²) >= 11 is 6.25. The molecule has 3 heterocycles. The molecule has 2 atom stereocenters. The molecule has 2 aliphatic rings. The van der Waals surface area contributed by atoms with E-state index < -0.39 is 0 Å². The Morgan fingerprint density at radius 2 is 2.09 bits per heavy atom. The number of fused-ring (bicyclic) bond motifs is 2. The summed E-state index contributed by atoms with van der Waals surface area (Å²) in [6, 6.07) is 11.6. The maximum atomic E-state index is 12.7. The lowest BCUT2D eigenvalue weighted by atomic mass is 10.2. The van der Waals surface area contributed by atoms with Gasteiger partial charge in [-0.05, 0) is 37.6 Å². The number of para-hydroxylation sites is 1. The molecule has 2 saturated heterocycles. The fraction of sp³-hybridized carbons (Fsp3) is 0.353. The second-order valence-electron chi connectivity index (χ2n) is 6.01. The number of hydrogen-bond donors (Lipinski definition) is 0. The zero-order chi connectivity index (χ0) is 15.3. The molecule has 2 aliphatic heterocycles. The summed E-state index contributed by atoms with van der Waals surface area (Å²) in [6.45, 7) is 3.49. The molecule has 4 rings (SSSR count). The van der Waals surface area contributed by atoms with Gasteiger partial charge < -0.3 is 9.32 Å². The molecular formula is C17H17ClN2O2. The highest BCUT2D eigenvalue weighted by atomic mass is 35.5. The van der Waals surface area contributed by atoms with Crippen molar-refractivity contribution in [3.63, 3.8) is 0 Å². The molecule has 2 fully saturated rings. The number of carbonyl (C=O) groups is 1. The number of hydrogen-bond acceptors (Lipinski definition) is 3. The quantitative estimate of drug-likeness (QED) is 0.872. The van der Waals surface area contributed by atoms with Gasteiger partial charge >= 0.3 is 0 Å². The maximum absolute atomic E-state index is 12.7. The average Bonchev–Trinajstić information content (AvgIpc) is 3.15. The van der Waals surface area contributed by atoms with Crippen LogP contribution in [0.2, 0.25) is 5.02 Å². The fourth-order valence-electron chi connectivity index (χ4n) is 3.57. The molecule has 1 aromatic heterocycles. The van der Waals surface area contributed by atoms with E-state index in [0.717, 1.165) is 30.2 Å². The predicted octanol–water partition coefficient (Wildman–Crippen LogP) is 3.23. The Hall–Kier alpha value is -1.78. The largest absolute Gasteiger partial charge is 0.465 e. The molecule has 0 unspecified atom stereocenters. The van der Waals surface area contributed by atoms with Gasteiger partial charge in [0.25, 0.3) is 0 Å². The predicted molar refractivity (Wildman–Crippen MR) is 85.0 cm³/mol. The van der Waals surface area contributed by atoms with Crippen molar-refractivity contribution in [3.05, 3.63) is 52.9 Å². The summed E-state index contributed by atoms with van der Waals surface area (Å²) in [7, 11) is 0. The van der Waals surface area contributed by atoms with Crippen LogP contribution < -0.4 is 4.90 Å². The molecular weight excluding hydrogens is 300 g/mol. The summed E-state index contributed by atoms with van der Waals surface area (Å²) in [5, 5.41) is 0.636. The lowest BCUT2D eigenvalue weighted by Gasteiger charge is -2.33. The van der Waals surface area contributed by atoms with Crippen LogP contribution in [0.5, 0.6) is 0 Å². The van der Waals surface area contributed by atoms with Gasteiger partial charge in [0, 0.05) is 6.54 Å². The standard InChI is InChI=1S/C17H17ClN2O2/c1-11-6-7-13(22-11)10-19-9-12-8-16(19)17(21)20(12)15-5-3-2-4-14(15)18/h2-7,12,16H,8-10H2,1H3/t12-,16-/m0/s1. The number of anilines is 1. The second kappa shape index (κ2) is 5.14. The van der Waals surface area contributed by atoms with Gasteiger partial charge in [0.2, 0.25) is 5.91 Å². The lowest BCUT2D eigenvalue weighted by Crippen LogP contribution is -2.50. The molecule has 5 heteroatoms. The van der Waals surface area contributed by atoms with Gasteiger partial charge in [-0.15, -0.1) is 0 Å². The number of carbonyl (C=O) groups excluding carboxylic acids is 1. The van der Waals surface area contributed by atoms with Crippen LogP contribution in [0, 0.1) is 6.92 Å². The van der Waals surface area contributed by atoms with Crippen LogP contribution in [-0.2, 0) is 11.3 Å². The molecule has 2 aromatic rings. The third kappa shape index (κ3) is 2.14. The number of aryl methyl sites for hydroxylation is 1. The number of likely N-dealkylation sites (tertiary alicyclic amines) is 1. The summed E-state index contributed by atoms with van der Waals surface area (Å²) in [5.41, 5.74) is 0.829. The molecule has 2 bridgehead atoms. The van der Waals surface area contributed by atoms with Crippen LogP contribution in [0.3, 0.4) is 0 Å². The van der Waals surface area contributed by atoms with Crippen molar-refractivity contribution in [1.82, 2.24) is 4.90 Å². The molecule has 22 heavy (non-hydrogen) atoms. The smallest absolute Gasteiger partial charge is 0.244 e. The number of halogens is 1. The van der Waals surface area contributed by atoms with E-state index in [1.165, 1.54) is 0 Å². The number of furan rings is 1. The van der Waals surface area contributed by atoms with Crippen molar-refractivity contribution in [2.24, 2.45) is 0 Å². The number of benzene rings is 1. The van der Waals surface area contributed by atoms with Crippen LogP contribution in [0.1, 0.15) is 17.9 Å². The van der Waals surface area contributed by atoms with Gasteiger partial charge in [-0.3, -0.25) is 9.69 Å². The van der Waals surface area contributed by atoms with Crippen molar-refractivity contribution < 1.29 is 9.21 Å². The van der Waals surface area contributed by atoms with Crippen LogP contribution in [0.15, 0.2) is 40.8 Å². The van der Waals surface area contributed by atoms with Crippen LogP contribution >= 0.6 is 11.6 Å². The van der Waals surface area contributed by atoms with E-state index in [0.29, 0.717) is 11.6 Å². The number of piperazine rings is 1. The monoisotopic (exact) mass is 316 g/mol. The van der Waals surface area contributed by atoms with E-state index in [1.54, 1.807) is 0 Å². The normalized spacial score (nSPS) is 24.5. The maximum Gasteiger partial charge on any atom is 0.244 e. The van der Waals surface area contributed by atoms with Gasteiger partial charge in [0.1, 0.15) is 11.5 Å². The highest BCUT2D eigenvalue weighted by molar-refractivity contribution is 6.34. The topological polar surface area (TPSA) is 36.7 Å². The summed E-state index contributed by atoms with van der Waals surface area (Å²) in [6.07, 6.45) is 0.865. The molecule has 0 spiro atoms. The minimum absolute atomic E-state index is 0.0633. The lowest BCUT2D eigenvalue weighted by molar-refractivity contribution is -0.122. The van der Waals surface area contributed by atoms with Crippen LogP contribution in [-0.4, -0.2) is 29.4 Å². The van der Waals surface area contributed by atoms with Crippen molar-refractivity contribution >= 4 is 23.2 Å². The summed E-state index contributed by atoms with van der Waals surface area (Å²) in [5.74, 6) is 1.97. The zero-order valence-corrected chi connectivity index (χ0v) is 13.1. The molecule has 4 nitrogen and oxygen atoms in total. The highest BCUT2D eigenvalue weighted by Crippen LogP contribution is 2.39. The molecule has 1 amide bonds. The van der Waals surface area contributed by atoms with E-state index >= 15 is 0 Å². The minimum atomic E-state index is -0.0633. The third-order valence-corrected chi connectivity index (χ3v) is 4.86. The second-order valence-corrected chi connectivity index (χ2v) is 6.41. The van der Waals surface area contributed by atoms with Gasteiger partial charge in [-0.2, -0.15) is 0 Å². The first-order chi connectivity index (χ1) is 10.6. The van der Waals surface area contributed by atoms with Gasteiger partial charge in [-0.25, -0.2) is 0 Å². The fourth-order valence-corrected chi connectivity index (χ4v) is 3.80. The first-order valence-corrected chi connectivity index (χ1v) is 7.88. The Labute approximate surface area is 134 Å². The SMILES string of the molecule is Cc1ccc(CN2C[C@@H]3C[C@H]2C(=O)N3c2ccccc2Cl)o1. The zero-order valence-electron chi connectivity index (χ0n) is 12.3.